The lowest BCUT2D eigenvalue weighted by Crippen LogP contribution is -2.05. The van der Waals surface area contributed by atoms with E-state index in [-0.39, 0.29) is 5.41 Å². The van der Waals surface area contributed by atoms with E-state index in [4.69, 9.17) is 10.5 Å². The smallest absolute Gasteiger partial charge is 0.216 e. The maximum Gasteiger partial charge on any atom is 0.216 e. The lowest BCUT2D eigenvalue weighted by molar-refractivity contribution is 0.390. The standard InChI is InChI=1S/C12H18N2O/c1-12(2)9(7-13)10(12)8-5-4-6-14-11(8)15-3/h4-6,9-10H,7,13H2,1-3H3. The molecule has 3 heteroatoms. The molecular formula is C12H18N2O. The first kappa shape index (κ1) is 10.4. The summed E-state index contributed by atoms with van der Waals surface area (Å²) < 4.78 is 5.28. The van der Waals surface area contributed by atoms with Gasteiger partial charge in [-0.2, -0.15) is 0 Å². The highest BCUT2D eigenvalue weighted by atomic mass is 16.5. The predicted octanol–water partition coefficient (Wildman–Crippen LogP) is 1.79. The van der Waals surface area contributed by atoms with E-state index in [0.717, 1.165) is 12.4 Å². The summed E-state index contributed by atoms with van der Waals surface area (Å²) in [6.45, 7) is 5.24. The molecule has 1 aromatic heterocycles. The molecule has 0 saturated heterocycles. The van der Waals surface area contributed by atoms with Crippen molar-refractivity contribution in [2.24, 2.45) is 17.1 Å². The Hall–Kier alpha value is -1.09. The molecule has 0 bridgehead atoms. The van der Waals surface area contributed by atoms with Gasteiger partial charge in [0.05, 0.1) is 7.11 Å². The number of nitrogens with two attached hydrogens (primary N) is 1. The van der Waals surface area contributed by atoms with Gasteiger partial charge in [0.2, 0.25) is 5.88 Å². The molecule has 1 aliphatic carbocycles. The summed E-state index contributed by atoms with van der Waals surface area (Å²) in [5, 5.41) is 0. The maximum absolute atomic E-state index is 5.77. The van der Waals surface area contributed by atoms with Crippen LogP contribution in [-0.2, 0) is 0 Å². The molecule has 1 heterocycles. The Morgan fingerprint density at radius 1 is 1.53 bits per heavy atom. The maximum atomic E-state index is 5.77. The van der Waals surface area contributed by atoms with Crippen LogP contribution in [0.2, 0.25) is 0 Å². The number of rotatable bonds is 3. The van der Waals surface area contributed by atoms with E-state index in [2.05, 4.69) is 24.9 Å². The molecule has 3 nitrogen and oxygen atoms in total. The van der Waals surface area contributed by atoms with Crippen molar-refractivity contribution < 1.29 is 4.74 Å². The SMILES string of the molecule is COc1ncccc1C1C(CN)C1(C)C. The fraction of sp³-hybridized carbons (Fsp3) is 0.583. The molecule has 0 aromatic carbocycles. The van der Waals surface area contributed by atoms with Gasteiger partial charge >= 0.3 is 0 Å². The van der Waals surface area contributed by atoms with Crippen molar-refractivity contribution in [3.05, 3.63) is 23.9 Å². The third-order valence-electron chi connectivity index (χ3n) is 3.63. The van der Waals surface area contributed by atoms with E-state index in [1.54, 1.807) is 13.3 Å². The summed E-state index contributed by atoms with van der Waals surface area (Å²) in [4.78, 5) is 4.23. The van der Waals surface area contributed by atoms with Gasteiger partial charge in [-0.1, -0.05) is 19.9 Å². The number of hydrogen-bond donors (Lipinski definition) is 1. The molecule has 15 heavy (non-hydrogen) atoms. The number of methoxy groups -OCH3 is 1. The van der Waals surface area contributed by atoms with Crippen LogP contribution in [0.3, 0.4) is 0 Å². The topological polar surface area (TPSA) is 48.1 Å². The van der Waals surface area contributed by atoms with Crippen LogP contribution in [0.4, 0.5) is 0 Å². The normalized spacial score (nSPS) is 27.5. The second kappa shape index (κ2) is 3.49. The summed E-state index contributed by atoms with van der Waals surface area (Å²) in [5.41, 5.74) is 7.25. The zero-order valence-corrected chi connectivity index (χ0v) is 9.53. The molecule has 2 rings (SSSR count). The summed E-state index contributed by atoms with van der Waals surface area (Å²) in [6.07, 6.45) is 1.76. The highest BCUT2D eigenvalue weighted by Crippen LogP contribution is 2.64. The van der Waals surface area contributed by atoms with Gasteiger partial charge in [0, 0.05) is 11.8 Å². The van der Waals surface area contributed by atoms with Crippen LogP contribution in [0.15, 0.2) is 18.3 Å². The number of pyridine rings is 1. The van der Waals surface area contributed by atoms with E-state index in [1.165, 1.54) is 5.56 Å². The van der Waals surface area contributed by atoms with Crippen LogP contribution in [0.1, 0.15) is 25.3 Å². The number of ether oxygens (including phenoxy) is 1. The third-order valence-corrected chi connectivity index (χ3v) is 3.63. The Balaban J connectivity index is 2.32. The average Bonchev–Trinajstić information content (AvgIpc) is 2.80. The van der Waals surface area contributed by atoms with E-state index in [1.807, 2.05) is 6.07 Å². The van der Waals surface area contributed by atoms with Crippen molar-refractivity contribution in [3.63, 3.8) is 0 Å². The lowest BCUT2D eigenvalue weighted by atomic mass is 10.0. The zero-order valence-electron chi connectivity index (χ0n) is 9.53. The van der Waals surface area contributed by atoms with E-state index in [0.29, 0.717) is 11.8 Å². The molecule has 82 valence electrons. The molecule has 0 spiro atoms. The van der Waals surface area contributed by atoms with Crippen LogP contribution in [0.5, 0.6) is 5.88 Å². The van der Waals surface area contributed by atoms with Gasteiger partial charge in [0.1, 0.15) is 0 Å². The van der Waals surface area contributed by atoms with Crippen molar-refractivity contribution >= 4 is 0 Å². The molecule has 2 unspecified atom stereocenters. The van der Waals surface area contributed by atoms with Gasteiger partial charge in [0.15, 0.2) is 0 Å². The van der Waals surface area contributed by atoms with E-state index in [9.17, 15) is 0 Å². The van der Waals surface area contributed by atoms with Gasteiger partial charge in [-0.25, -0.2) is 4.98 Å². The quantitative estimate of drug-likeness (QED) is 0.820. The first-order chi connectivity index (χ1) is 7.12. The van der Waals surface area contributed by atoms with Crippen molar-refractivity contribution in [3.8, 4) is 5.88 Å². The van der Waals surface area contributed by atoms with Gasteiger partial charge in [-0.05, 0) is 29.9 Å². The highest BCUT2D eigenvalue weighted by Gasteiger charge is 2.58. The molecule has 0 radical (unpaired) electrons. The molecule has 1 aromatic rings. The molecule has 1 saturated carbocycles. The molecule has 1 fully saturated rings. The van der Waals surface area contributed by atoms with Crippen molar-refractivity contribution in [1.29, 1.82) is 0 Å². The second-order valence-corrected chi connectivity index (χ2v) is 4.74. The number of hydrogen-bond acceptors (Lipinski definition) is 3. The molecule has 1 aliphatic rings. The Labute approximate surface area is 90.7 Å². The Bertz CT molecular complexity index is 362. The summed E-state index contributed by atoms with van der Waals surface area (Å²) in [7, 11) is 1.67. The lowest BCUT2D eigenvalue weighted by Gasteiger charge is -2.07. The molecular weight excluding hydrogens is 188 g/mol. The fourth-order valence-corrected chi connectivity index (χ4v) is 2.61. The van der Waals surface area contributed by atoms with Crippen LogP contribution < -0.4 is 10.5 Å². The minimum Gasteiger partial charge on any atom is -0.481 e. The Morgan fingerprint density at radius 3 is 2.80 bits per heavy atom. The van der Waals surface area contributed by atoms with Crippen LogP contribution in [0.25, 0.3) is 0 Å². The Kier molecular flexibility index (Phi) is 2.43. The van der Waals surface area contributed by atoms with Gasteiger partial charge in [-0.3, -0.25) is 0 Å². The highest BCUT2D eigenvalue weighted by molar-refractivity contribution is 5.38. The second-order valence-electron chi connectivity index (χ2n) is 4.74. The average molecular weight is 206 g/mol. The number of nitrogens with zero attached hydrogens (tertiary/aromatic N) is 1. The van der Waals surface area contributed by atoms with Crippen molar-refractivity contribution in [1.82, 2.24) is 4.98 Å². The van der Waals surface area contributed by atoms with Crippen molar-refractivity contribution in [2.75, 3.05) is 13.7 Å². The predicted molar refractivity (Wildman–Crippen MR) is 59.9 cm³/mol. The molecule has 2 N–H and O–H groups in total. The summed E-state index contributed by atoms with van der Waals surface area (Å²) >= 11 is 0. The first-order valence-corrected chi connectivity index (χ1v) is 5.32. The van der Waals surface area contributed by atoms with Gasteiger partial charge < -0.3 is 10.5 Å². The van der Waals surface area contributed by atoms with Crippen LogP contribution >= 0.6 is 0 Å². The van der Waals surface area contributed by atoms with Crippen molar-refractivity contribution in [2.45, 2.75) is 19.8 Å². The molecule has 0 amide bonds. The third kappa shape index (κ3) is 1.51. The minimum absolute atomic E-state index is 0.283. The van der Waals surface area contributed by atoms with Gasteiger partial charge in [-0.15, -0.1) is 0 Å². The summed E-state index contributed by atoms with van der Waals surface area (Å²) in [6, 6.07) is 4.05. The van der Waals surface area contributed by atoms with E-state index >= 15 is 0 Å². The van der Waals surface area contributed by atoms with Crippen LogP contribution in [-0.4, -0.2) is 18.6 Å². The van der Waals surface area contributed by atoms with Crippen LogP contribution in [0, 0.1) is 11.3 Å². The summed E-state index contributed by atoms with van der Waals surface area (Å²) in [5.74, 6) is 1.79. The number of aromatic nitrogens is 1. The minimum atomic E-state index is 0.283. The largest absolute Gasteiger partial charge is 0.481 e. The first-order valence-electron chi connectivity index (χ1n) is 5.32. The molecule has 0 aliphatic heterocycles. The monoisotopic (exact) mass is 206 g/mol. The molecule has 2 atom stereocenters. The van der Waals surface area contributed by atoms with Gasteiger partial charge in [0.25, 0.3) is 0 Å². The van der Waals surface area contributed by atoms with E-state index < -0.39 is 0 Å². The Morgan fingerprint density at radius 2 is 2.27 bits per heavy atom. The fourth-order valence-electron chi connectivity index (χ4n) is 2.61. The zero-order chi connectivity index (χ0) is 11.1.